The molecule has 0 aliphatic heterocycles. The van der Waals surface area contributed by atoms with Gasteiger partial charge in [0.2, 0.25) is 0 Å². The minimum atomic E-state index is 0.569. The Morgan fingerprint density at radius 3 is 1.13 bits per heavy atom. The number of anilines is 3. The Morgan fingerprint density at radius 2 is 0.806 bits per heavy atom. The van der Waals surface area contributed by atoms with Crippen molar-refractivity contribution in [2.24, 2.45) is 0 Å². The maximum Gasteiger partial charge on any atom is 0.134 e. The highest BCUT2D eigenvalue weighted by atomic mass is 16.5. The summed E-state index contributed by atoms with van der Waals surface area (Å²) in [5, 5.41) is 3.09. The molecule has 5 N–H and O–H groups in total. The summed E-state index contributed by atoms with van der Waals surface area (Å²) in [6.45, 7) is 0. The van der Waals surface area contributed by atoms with E-state index in [4.69, 9.17) is 25.7 Å². The van der Waals surface area contributed by atoms with E-state index in [0.29, 0.717) is 45.9 Å². The number of benzene rings is 4. The summed E-state index contributed by atoms with van der Waals surface area (Å²) in [4.78, 5) is 0. The molecular weight excluding hydrogens is 390 g/mol. The lowest BCUT2D eigenvalue weighted by Crippen LogP contribution is -1.92. The molecule has 156 valence electrons. The molecule has 0 aliphatic carbocycles. The molecule has 0 saturated carbocycles. The monoisotopic (exact) mass is 413 g/mol. The van der Waals surface area contributed by atoms with E-state index < -0.39 is 0 Å². The van der Waals surface area contributed by atoms with E-state index in [1.165, 1.54) is 0 Å². The lowest BCUT2D eigenvalue weighted by Gasteiger charge is -2.13. The third kappa shape index (κ3) is 5.39. The van der Waals surface area contributed by atoms with Crippen molar-refractivity contribution in [2.75, 3.05) is 23.8 Å². The highest BCUT2D eigenvalue weighted by Crippen LogP contribution is 2.35. The van der Waals surface area contributed by atoms with Gasteiger partial charge in [-0.3, -0.25) is 0 Å². The zero-order valence-electron chi connectivity index (χ0n) is 17.0. The molecule has 0 bridgehead atoms. The summed E-state index contributed by atoms with van der Waals surface area (Å²) in [6.07, 6.45) is 0. The van der Waals surface area contributed by atoms with E-state index in [0.717, 1.165) is 5.69 Å². The highest BCUT2D eigenvalue weighted by molar-refractivity contribution is 5.51. The average Bonchev–Trinajstić information content (AvgIpc) is 2.77. The van der Waals surface area contributed by atoms with Crippen LogP contribution in [0.5, 0.6) is 34.5 Å². The second-order valence-electron chi connectivity index (χ2n) is 6.86. The van der Waals surface area contributed by atoms with Gasteiger partial charge < -0.3 is 31.0 Å². The number of rotatable bonds is 7. The van der Waals surface area contributed by atoms with Crippen molar-refractivity contribution in [3.63, 3.8) is 0 Å². The van der Waals surface area contributed by atoms with Gasteiger partial charge in [-0.1, -0.05) is 0 Å². The second kappa shape index (κ2) is 9.00. The van der Waals surface area contributed by atoms with Crippen LogP contribution in [0.25, 0.3) is 0 Å². The Morgan fingerprint density at radius 1 is 0.484 bits per heavy atom. The molecule has 0 atom stereocenters. The number of hydrogen-bond acceptors (Lipinski definition) is 6. The second-order valence-corrected chi connectivity index (χ2v) is 6.86. The molecule has 31 heavy (non-hydrogen) atoms. The van der Waals surface area contributed by atoms with Gasteiger partial charge in [-0.05, 0) is 72.8 Å². The number of hydrogen-bond donors (Lipinski definition) is 3. The smallest absolute Gasteiger partial charge is 0.134 e. The van der Waals surface area contributed by atoms with E-state index in [1.54, 1.807) is 66.7 Å². The van der Waals surface area contributed by atoms with Crippen molar-refractivity contribution in [3.8, 4) is 34.5 Å². The first kappa shape index (κ1) is 20.0. The first-order valence-corrected chi connectivity index (χ1v) is 9.75. The Bertz CT molecular complexity index is 1080. The van der Waals surface area contributed by atoms with Crippen molar-refractivity contribution >= 4 is 17.1 Å². The van der Waals surface area contributed by atoms with E-state index in [2.05, 4.69) is 5.32 Å². The summed E-state index contributed by atoms with van der Waals surface area (Å²) < 4.78 is 18.0. The molecule has 4 aromatic rings. The Balaban J connectivity index is 1.62. The number of ether oxygens (including phenoxy) is 3. The van der Waals surface area contributed by atoms with Crippen LogP contribution >= 0.6 is 0 Å². The predicted molar refractivity (Wildman–Crippen MR) is 124 cm³/mol. The third-order valence-electron chi connectivity index (χ3n) is 4.46. The van der Waals surface area contributed by atoms with Crippen LogP contribution in [0.3, 0.4) is 0 Å². The van der Waals surface area contributed by atoms with Gasteiger partial charge in [-0.25, -0.2) is 0 Å². The van der Waals surface area contributed by atoms with E-state index in [-0.39, 0.29) is 0 Å². The van der Waals surface area contributed by atoms with Crippen LogP contribution in [-0.4, -0.2) is 7.05 Å². The first-order chi connectivity index (χ1) is 15.1. The predicted octanol–water partition coefficient (Wildman–Crippen LogP) is 6.27. The van der Waals surface area contributed by atoms with E-state index in [9.17, 15) is 0 Å². The molecule has 6 heteroatoms. The fourth-order valence-corrected chi connectivity index (χ4v) is 2.89. The molecule has 4 aromatic carbocycles. The van der Waals surface area contributed by atoms with Crippen LogP contribution in [0.4, 0.5) is 17.1 Å². The largest absolute Gasteiger partial charge is 0.457 e. The van der Waals surface area contributed by atoms with Gasteiger partial charge in [-0.2, -0.15) is 0 Å². The van der Waals surface area contributed by atoms with Crippen LogP contribution in [0.1, 0.15) is 0 Å². The average molecular weight is 413 g/mol. The van der Waals surface area contributed by atoms with E-state index in [1.807, 2.05) is 31.3 Å². The van der Waals surface area contributed by atoms with Crippen molar-refractivity contribution in [3.05, 3.63) is 91.0 Å². The summed E-state index contributed by atoms with van der Waals surface area (Å²) in [5.74, 6) is 3.73. The molecule has 0 unspecified atom stereocenters. The molecular formula is C25H23N3O3. The fourth-order valence-electron chi connectivity index (χ4n) is 2.89. The molecule has 0 aromatic heterocycles. The lowest BCUT2D eigenvalue weighted by atomic mass is 10.2. The molecule has 0 saturated heterocycles. The Kier molecular flexibility index (Phi) is 5.80. The van der Waals surface area contributed by atoms with Crippen molar-refractivity contribution in [2.45, 2.75) is 0 Å². The minimum absolute atomic E-state index is 0.569. The van der Waals surface area contributed by atoms with Crippen molar-refractivity contribution in [1.29, 1.82) is 0 Å². The van der Waals surface area contributed by atoms with Gasteiger partial charge in [0.1, 0.15) is 34.5 Å². The first-order valence-electron chi connectivity index (χ1n) is 9.75. The van der Waals surface area contributed by atoms with Crippen molar-refractivity contribution < 1.29 is 14.2 Å². The topological polar surface area (TPSA) is 91.8 Å². The van der Waals surface area contributed by atoms with Gasteiger partial charge in [-0.15, -0.1) is 0 Å². The van der Waals surface area contributed by atoms with Gasteiger partial charge >= 0.3 is 0 Å². The van der Waals surface area contributed by atoms with Crippen LogP contribution < -0.4 is 31.0 Å². The Hall–Kier alpha value is -4.32. The maximum atomic E-state index is 6.05. The molecule has 0 aliphatic rings. The van der Waals surface area contributed by atoms with Crippen LogP contribution in [0.15, 0.2) is 91.0 Å². The normalized spacial score (nSPS) is 10.4. The zero-order chi connectivity index (χ0) is 21.6. The highest BCUT2D eigenvalue weighted by Gasteiger charge is 2.08. The quantitative estimate of drug-likeness (QED) is 0.309. The fraction of sp³-hybridized carbons (Fsp3) is 0.0400. The summed E-state index contributed by atoms with van der Waals surface area (Å²) in [7, 11) is 1.87. The standard InChI is InChI=1S/C25H23N3O3/c1-28-19-6-12-22(13-7-19)31-25-15-23(29-20-8-2-17(26)3-9-20)14-24(16-25)30-21-10-4-18(27)5-11-21/h2-16,28H,26-27H2,1H3. The number of nitrogen functional groups attached to an aromatic ring is 2. The summed E-state index contributed by atoms with van der Waals surface area (Å²) in [6, 6.07) is 27.4. The molecule has 0 spiro atoms. The van der Waals surface area contributed by atoms with Crippen molar-refractivity contribution in [1.82, 2.24) is 0 Å². The maximum absolute atomic E-state index is 6.05. The molecule has 0 radical (unpaired) electrons. The molecule has 6 nitrogen and oxygen atoms in total. The number of nitrogens with two attached hydrogens (primary N) is 2. The van der Waals surface area contributed by atoms with Crippen LogP contribution in [0, 0.1) is 0 Å². The van der Waals surface area contributed by atoms with Crippen LogP contribution in [-0.2, 0) is 0 Å². The third-order valence-corrected chi connectivity index (χ3v) is 4.46. The minimum Gasteiger partial charge on any atom is -0.457 e. The zero-order valence-corrected chi connectivity index (χ0v) is 17.0. The number of nitrogens with one attached hydrogen (secondary N) is 1. The van der Waals surface area contributed by atoms with E-state index >= 15 is 0 Å². The lowest BCUT2D eigenvalue weighted by molar-refractivity contribution is 0.440. The summed E-state index contributed by atoms with van der Waals surface area (Å²) >= 11 is 0. The van der Waals surface area contributed by atoms with Crippen LogP contribution in [0.2, 0.25) is 0 Å². The molecule has 0 heterocycles. The SMILES string of the molecule is CNc1ccc(Oc2cc(Oc3ccc(N)cc3)cc(Oc3ccc(N)cc3)c2)cc1. The summed E-state index contributed by atoms with van der Waals surface area (Å²) in [5.41, 5.74) is 13.9. The molecule has 0 amide bonds. The van der Waals surface area contributed by atoms with Gasteiger partial charge in [0.25, 0.3) is 0 Å². The Labute approximate surface area is 181 Å². The van der Waals surface area contributed by atoms with Gasteiger partial charge in [0.15, 0.2) is 0 Å². The van der Waals surface area contributed by atoms with Gasteiger partial charge in [0.05, 0.1) is 0 Å². The molecule has 0 fully saturated rings. The molecule has 4 rings (SSSR count). The van der Waals surface area contributed by atoms with Gasteiger partial charge in [0, 0.05) is 42.3 Å².